The van der Waals surface area contributed by atoms with E-state index >= 15 is 0 Å². The van der Waals surface area contributed by atoms with E-state index in [1.807, 2.05) is 30.2 Å². The maximum absolute atomic E-state index is 12.4. The van der Waals surface area contributed by atoms with E-state index in [1.165, 1.54) is 0 Å². The van der Waals surface area contributed by atoms with Crippen LogP contribution in [-0.4, -0.2) is 51.5 Å². The van der Waals surface area contributed by atoms with Gasteiger partial charge in [-0.2, -0.15) is 5.10 Å². The largest absolute Gasteiger partial charge is 0.390 e. The molecule has 2 fully saturated rings. The van der Waals surface area contributed by atoms with Gasteiger partial charge in [-0.15, -0.1) is 0 Å². The minimum absolute atomic E-state index is 0.0345. The Balaban J connectivity index is 1.50. The third kappa shape index (κ3) is 2.80. The molecular weight excluding hydrogens is 390 g/mol. The number of fused-ring (bicyclic) bond motifs is 1. The first-order valence-corrected chi connectivity index (χ1v) is 10.1. The molecule has 2 saturated heterocycles. The van der Waals surface area contributed by atoms with Gasteiger partial charge in [0, 0.05) is 50.0 Å². The van der Waals surface area contributed by atoms with E-state index in [2.05, 4.69) is 32.4 Å². The molecule has 7 nitrogen and oxygen atoms in total. The summed E-state index contributed by atoms with van der Waals surface area (Å²) in [4.78, 5) is 18.9. The number of nitrogens with one attached hydrogen (secondary N) is 1. The number of carbonyl (C=O) groups is 1. The highest BCUT2D eigenvalue weighted by atomic mass is 35.5. The lowest BCUT2D eigenvalue weighted by molar-refractivity contribution is -0.132. The van der Waals surface area contributed by atoms with Crippen LogP contribution in [0.25, 0.3) is 22.0 Å². The molecule has 2 aliphatic rings. The minimum atomic E-state index is -0.676. The first kappa shape index (κ1) is 18.4. The fourth-order valence-electron chi connectivity index (χ4n) is 4.69. The first-order valence-electron chi connectivity index (χ1n) is 9.76. The summed E-state index contributed by atoms with van der Waals surface area (Å²) in [5.74, 6) is -0.0345. The number of carbonyl (C=O) groups excluding carboxylic acids is 1. The molecule has 1 amide bonds. The number of piperidine rings is 1. The van der Waals surface area contributed by atoms with Gasteiger partial charge in [0.25, 0.3) is 0 Å². The van der Waals surface area contributed by atoms with Gasteiger partial charge in [-0.1, -0.05) is 17.7 Å². The maximum Gasteiger partial charge on any atom is 0.229 e. The van der Waals surface area contributed by atoms with Crippen LogP contribution in [0, 0.1) is 5.41 Å². The Labute approximate surface area is 173 Å². The highest BCUT2D eigenvalue weighted by Crippen LogP contribution is 2.43. The van der Waals surface area contributed by atoms with Gasteiger partial charge in [0.05, 0.1) is 33.9 Å². The fraction of sp³-hybridized carbons (Fsp3) is 0.381. The Kier molecular flexibility index (Phi) is 4.26. The SMILES string of the molecule is Cn1ncc2cc(-c3cncc(Cl)c3N3CCC4(CC3)C(=O)NCC4O)ccc21. The van der Waals surface area contributed by atoms with Gasteiger partial charge in [-0.3, -0.25) is 14.5 Å². The van der Waals surface area contributed by atoms with Crippen molar-refractivity contribution in [2.45, 2.75) is 18.9 Å². The number of aryl methyl sites for hydroxylation is 1. The molecule has 5 rings (SSSR count). The average molecular weight is 412 g/mol. The summed E-state index contributed by atoms with van der Waals surface area (Å²) in [6.07, 6.45) is 5.91. The third-order valence-corrected chi connectivity index (χ3v) is 6.72. The molecule has 1 unspecified atom stereocenters. The number of aliphatic hydroxyl groups is 1. The van der Waals surface area contributed by atoms with E-state index in [4.69, 9.17) is 11.6 Å². The van der Waals surface area contributed by atoms with Crippen LogP contribution in [0.1, 0.15) is 12.8 Å². The van der Waals surface area contributed by atoms with Crippen LogP contribution in [0.2, 0.25) is 5.02 Å². The standard InChI is InChI=1S/C21H22ClN5O2/c1-26-17-3-2-13(8-14(17)9-25-26)15-10-23-11-16(22)19(15)27-6-4-21(5-7-27)18(28)12-24-20(21)29/h2-3,8-11,18,28H,4-7,12H2,1H3,(H,24,29). The molecule has 1 aromatic carbocycles. The van der Waals surface area contributed by atoms with E-state index in [0.29, 0.717) is 37.5 Å². The molecule has 0 aliphatic carbocycles. The predicted molar refractivity (Wildman–Crippen MR) is 112 cm³/mol. The monoisotopic (exact) mass is 411 g/mol. The summed E-state index contributed by atoms with van der Waals surface area (Å²) in [7, 11) is 1.92. The lowest BCUT2D eigenvalue weighted by Crippen LogP contribution is -2.48. The molecule has 3 aromatic rings. The Morgan fingerprint density at radius 3 is 2.76 bits per heavy atom. The second-order valence-corrected chi connectivity index (χ2v) is 8.34. The van der Waals surface area contributed by atoms with Gasteiger partial charge in [-0.25, -0.2) is 0 Å². The zero-order valence-corrected chi connectivity index (χ0v) is 16.9. The predicted octanol–water partition coefficient (Wildman–Crippen LogP) is 2.37. The molecule has 2 N–H and O–H groups in total. The number of aliphatic hydroxyl groups excluding tert-OH is 1. The maximum atomic E-state index is 12.4. The number of benzene rings is 1. The minimum Gasteiger partial charge on any atom is -0.390 e. The van der Waals surface area contributed by atoms with Crippen LogP contribution in [0.3, 0.4) is 0 Å². The Morgan fingerprint density at radius 1 is 1.24 bits per heavy atom. The second kappa shape index (κ2) is 6.71. The highest BCUT2D eigenvalue weighted by molar-refractivity contribution is 6.33. The Hall–Kier alpha value is -2.64. The lowest BCUT2D eigenvalue weighted by Gasteiger charge is -2.41. The molecule has 0 bridgehead atoms. The van der Waals surface area contributed by atoms with Crippen LogP contribution in [0.15, 0.2) is 36.8 Å². The van der Waals surface area contributed by atoms with Crippen molar-refractivity contribution in [3.05, 3.63) is 41.8 Å². The van der Waals surface area contributed by atoms with Gasteiger partial charge in [0.15, 0.2) is 0 Å². The van der Waals surface area contributed by atoms with Crippen LogP contribution < -0.4 is 10.2 Å². The summed E-state index contributed by atoms with van der Waals surface area (Å²) in [6.45, 7) is 1.64. The number of halogens is 1. The van der Waals surface area contributed by atoms with E-state index in [9.17, 15) is 9.90 Å². The smallest absolute Gasteiger partial charge is 0.229 e. The summed E-state index contributed by atoms with van der Waals surface area (Å²) in [5.41, 5.74) is 3.29. The molecule has 2 aromatic heterocycles. The molecule has 150 valence electrons. The van der Waals surface area contributed by atoms with Crippen molar-refractivity contribution in [2.75, 3.05) is 24.5 Å². The molecule has 1 atom stereocenters. The van der Waals surface area contributed by atoms with E-state index in [0.717, 1.165) is 27.7 Å². The Morgan fingerprint density at radius 2 is 2.03 bits per heavy atom. The zero-order valence-electron chi connectivity index (χ0n) is 16.1. The summed E-state index contributed by atoms with van der Waals surface area (Å²) < 4.78 is 1.85. The third-order valence-electron chi connectivity index (χ3n) is 6.45. The van der Waals surface area contributed by atoms with Gasteiger partial charge in [-0.05, 0) is 30.5 Å². The van der Waals surface area contributed by atoms with Crippen molar-refractivity contribution in [3.63, 3.8) is 0 Å². The number of pyridine rings is 1. The molecule has 4 heterocycles. The number of nitrogens with zero attached hydrogens (tertiary/aromatic N) is 4. The topological polar surface area (TPSA) is 83.3 Å². The van der Waals surface area contributed by atoms with Crippen molar-refractivity contribution >= 4 is 34.1 Å². The molecule has 1 spiro atoms. The summed E-state index contributed by atoms with van der Waals surface area (Å²) in [5, 5.41) is 19.1. The average Bonchev–Trinajstić information content (AvgIpc) is 3.23. The fourth-order valence-corrected chi connectivity index (χ4v) is 4.97. The number of aromatic nitrogens is 3. The van der Waals surface area contributed by atoms with Gasteiger partial charge < -0.3 is 15.3 Å². The number of β-amino-alcohol motifs (C(OH)–C–C–N with tert-alkyl or cyclic N) is 1. The highest BCUT2D eigenvalue weighted by Gasteiger charge is 2.51. The molecule has 29 heavy (non-hydrogen) atoms. The number of hydrogen-bond donors (Lipinski definition) is 2. The summed E-state index contributed by atoms with van der Waals surface area (Å²) in [6, 6.07) is 6.20. The van der Waals surface area contributed by atoms with E-state index in [1.54, 1.807) is 6.20 Å². The van der Waals surface area contributed by atoms with Crippen molar-refractivity contribution in [3.8, 4) is 11.1 Å². The van der Waals surface area contributed by atoms with Crippen LogP contribution in [-0.2, 0) is 11.8 Å². The van der Waals surface area contributed by atoms with Gasteiger partial charge in [0.1, 0.15) is 0 Å². The van der Waals surface area contributed by atoms with Crippen molar-refractivity contribution in [1.82, 2.24) is 20.1 Å². The van der Waals surface area contributed by atoms with Crippen LogP contribution in [0.5, 0.6) is 0 Å². The number of hydrogen-bond acceptors (Lipinski definition) is 5. The zero-order chi connectivity index (χ0) is 20.2. The molecular formula is C21H22ClN5O2. The van der Waals surface area contributed by atoms with Gasteiger partial charge >= 0.3 is 0 Å². The quantitative estimate of drug-likeness (QED) is 0.676. The molecule has 0 saturated carbocycles. The van der Waals surface area contributed by atoms with Crippen molar-refractivity contribution in [1.29, 1.82) is 0 Å². The lowest BCUT2D eigenvalue weighted by atomic mass is 9.75. The van der Waals surface area contributed by atoms with Crippen LogP contribution >= 0.6 is 11.6 Å². The molecule has 2 aliphatic heterocycles. The second-order valence-electron chi connectivity index (χ2n) is 7.93. The Bertz CT molecular complexity index is 1100. The van der Waals surface area contributed by atoms with E-state index in [-0.39, 0.29) is 5.91 Å². The van der Waals surface area contributed by atoms with E-state index < -0.39 is 11.5 Å². The number of rotatable bonds is 2. The number of anilines is 1. The van der Waals surface area contributed by atoms with Gasteiger partial charge in [0.2, 0.25) is 5.91 Å². The van der Waals surface area contributed by atoms with Crippen molar-refractivity contribution in [2.24, 2.45) is 12.5 Å². The number of amides is 1. The van der Waals surface area contributed by atoms with Crippen LogP contribution in [0.4, 0.5) is 5.69 Å². The first-order chi connectivity index (χ1) is 14.0. The summed E-state index contributed by atoms with van der Waals surface area (Å²) >= 11 is 6.59. The molecule has 8 heteroatoms. The molecule has 0 radical (unpaired) electrons. The van der Waals surface area contributed by atoms with Crippen molar-refractivity contribution < 1.29 is 9.90 Å². The normalized spacial score (nSPS) is 21.1.